The Kier molecular flexibility index (Phi) is 16.2. The molecule has 4 N–H and O–H groups in total. The molecule has 0 saturated heterocycles. The van der Waals surface area contributed by atoms with E-state index in [0.29, 0.717) is 31.6 Å². The third-order valence-electron chi connectivity index (χ3n) is 7.24. The van der Waals surface area contributed by atoms with Crippen molar-refractivity contribution in [3.63, 3.8) is 0 Å². The molecule has 1 aromatic heterocycles. The molecule has 0 saturated carbocycles. The number of amides is 1. The largest absolute Gasteiger partial charge is 0.506 e. The number of rotatable bonds is 17. The second-order valence-electron chi connectivity index (χ2n) is 10.9. The van der Waals surface area contributed by atoms with Crippen LogP contribution in [0, 0.1) is 0 Å². The van der Waals surface area contributed by atoms with Gasteiger partial charge in [0.1, 0.15) is 11.3 Å². The highest BCUT2D eigenvalue weighted by Crippen LogP contribution is 2.28. The number of halogens is 6. The number of benzene rings is 2. The molecule has 0 aliphatic rings. The van der Waals surface area contributed by atoms with Crippen LogP contribution in [0.1, 0.15) is 50.7 Å². The Balaban J connectivity index is 0.000000567. The Morgan fingerprint density at radius 2 is 1.50 bits per heavy atom. The van der Waals surface area contributed by atoms with Crippen molar-refractivity contribution in [2.75, 3.05) is 32.7 Å². The summed E-state index contributed by atoms with van der Waals surface area (Å²) in [5, 5.41) is 16.8. The van der Waals surface area contributed by atoms with Crippen molar-refractivity contribution < 1.29 is 45.8 Å². The van der Waals surface area contributed by atoms with Crippen LogP contribution in [0.15, 0.2) is 47.3 Å². The summed E-state index contributed by atoms with van der Waals surface area (Å²) in [6, 6.07) is 14.1. The molecule has 0 bridgehead atoms. The van der Waals surface area contributed by atoms with Crippen molar-refractivity contribution in [2.24, 2.45) is 0 Å². The number of aromatic amines is 1. The van der Waals surface area contributed by atoms with Gasteiger partial charge in [0.05, 0.1) is 4.70 Å². The number of hydrogen-bond donors (Lipinski definition) is 4. The Bertz CT molecular complexity index is 1500. The van der Waals surface area contributed by atoms with E-state index in [1.54, 1.807) is 6.07 Å². The highest BCUT2D eigenvalue weighted by Gasteiger charge is 2.54. The van der Waals surface area contributed by atoms with E-state index in [2.05, 4.69) is 53.7 Å². The highest BCUT2D eigenvalue weighted by atomic mass is 32.1. The van der Waals surface area contributed by atoms with Crippen LogP contribution in [0.2, 0.25) is 0 Å². The van der Waals surface area contributed by atoms with Gasteiger partial charge in [0.15, 0.2) is 0 Å². The molecular formula is C32H40F6N4O5S. The average molecular weight is 707 g/mol. The van der Waals surface area contributed by atoms with Crippen LogP contribution in [0.4, 0.5) is 26.3 Å². The van der Waals surface area contributed by atoms with Crippen molar-refractivity contribution >= 4 is 39.0 Å². The minimum absolute atomic E-state index is 0.102. The van der Waals surface area contributed by atoms with Crippen molar-refractivity contribution in [1.29, 1.82) is 0 Å². The zero-order valence-corrected chi connectivity index (χ0v) is 27.4. The Morgan fingerprint density at radius 1 is 0.896 bits per heavy atom. The van der Waals surface area contributed by atoms with E-state index < -0.39 is 23.9 Å². The summed E-state index contributed by atoms with van der Waals surface area (Å²) in [4.78, 5) is 48.6. The number of alkyl halides is 6. The number of nitrogens with one attached hydrogen (secondary N) is 3. The highest BCUT2D eigenvalue weighted by molar-refractivity contribution is 7.16. The lowest BCUT2D eigenvalue weighted by molar-refractivity contribution is -0.193. The number of H-pyrrole nitrogens is 1. The van der Waals surface area contributed by atoms with Crippen molar-refractivity contribution in [2.45, 2.75) is 70.8 Å². The molecule has 2 aromatic carbocycles. The van der Waals surface area contributed by atoms with E-state index in [0.717, 1.165) is 66.8 Å². The zero-order chi connectivity index (χ0) is 35.9. The summed E-state index contributed by atoms with van der Waals surface area (Å²) in [6.07, 6.45) is -6.08. The molecule has 16 heteroatoms. The van der Waals surface area contributed by atoms with Gasteiger partial charge < -0.3 is 25.6 Å². The summed E-state index contributed by atoms with van der Waals surface area (Å²) < 4.78 is 67.8. The number of carbonyl (C=O) groups excluding carboxylic acids is 3. The first-order valence-electron chi connectivity index (χ1n) is 15.4. The van der Waals surface area contributed by atoms with Gasteiger partial charge in [-0.15, -0.1) is 0 Å². The fourth-order valence-corrected chi connectivity index (χ4v) is 5.56. The average Bonchev–Trinajstić information content (AvgIpc) is 3.44. The number of hydrogen-bond acceptors (Lipinski definition) is 8. The number of Topliss-reactive ketones (excluding diaryl/α,β-unsaturated/α-hetero) is 2. The van der Waals surface area contributed by atoms with Gasteiger partial charge in [0, 0.05) is 32.1 Å². The lowest BCUT2D eigenvalue weighted by Crippen LogP contribution is -2.43. The molecule has 3 rings (SSSR count). The van der Waals surface area contributed by atoms with Crippen LogP contribution in [-0.2, 0) is 27.2 Å². The second-order valence-corrected chi connectivity index (χ2v) is 11.9. The summed E-state index contributed by atoms with van der Waals surface area (Å²) in [5.74, 6) is -6.51. The fraction of sp³-hybridized carbons (Fsp3) is 0.500. The summed E-state index contributed by atoms with van der Waals surface area (Å²) in [7, 11) is 0. The maximum absolute atomic E-state index is 13.0. The molecule has 48 heavy (non-hydrogen) atoms. The van der Waals surface area contributed by atoms with Gasteiger partial charge in [-0.05, 0) is 56.5 Å². The van der Waals surface area contributed by atoms with Crippen LogP contribution >= 0.6 is 11.3 Å². The van der Waals surface area contributed by atoms with Crippen LogP contribution in [0.25, 0.3) is 10.2 Å². The number of nitrogens with zero attached hydrogens (tertiary/aromatic N) is 1. The van der Waals surface area contributed by atoms with Crippen LogP contribution in [0.3, 0.4) is 0 Å². The fourth-order valence-electron chi connectivity index (χ4n) is 4.66. The predicted molar refractivity (Wildman–Crippen MR) is 171 cm³/mol. The van der Waals surface area contributed by atoms with E-state index in [1.807, 2.05) is 17.0 Å². The molecular weight excluding hydrogens is 666 g/mol. The van der Waals surface area contributed by atoms with E-state index >= 15 is 0 Å². The topological polar surface area (TPSA) is 132 Å². The molecule has 1 heterocycles. The summed E-state index contributed by atoms with van der Waals surface area (Å²) >= 11 is 1.13. The number of ketones is 2. The molecule has 266 valence electrons. The van der Waals surface area contributed by atoms with Crippen molar-refractivity contribution in [1.82, 2.24) is 20.5 Å². The number of thiazole rings is 1. The Hall–Kier alpha value is -3.76. The third kappa shape index (κ3) is 13.4. The minimum atomic E-state index is -5.77. The normalized spacial score (nSPS) is 12.3. The molecule has 0 unspecified atom stereocenters. The van der Waals surface area contributed by atoms with Gasteiger partial charge in [0.25, 0.3) is 0 Å². The van der Waals surface area contributed by atoms with E-state index in [-0.39, 0.29) is 22.6 Å². The molecule has 0 fully saturated rings. The smallest absolute Gasteiger partial charge is 0.458 e. The Labute approximate surface area is 277 Å². The number of phenols is 1. The van der Waals surface area contributed by atoms with Gasteiger partial charge >= 0.3 is 28.8 Å². The SMILES string of the molecule is CCCC[C@@H](C)N(CCNCCc1ccc(O)c2[nH]c(=O)sc12)C(=O)CCNCCc1ccccc1.O=C(C(=O)C(F)(F)F)C(F)(F)F. The van der Waals surface area contributed by atoms with E-state index in [1.165, 1.54) is 5.56 Å². The molecule has 1 amide bonds. The zero-order valence-electron chi connectivity index (χ0n) is 26.6. The predicted octanol–water partition coefficient (Wildman–Crippen LogP) is 5.31. The number of aromatic hydroxyl groups is 1. The maximum atomic E-state index is 13.0. The van der Waals surface area contributed by atoms with Crippen LogP contribution < -0.4 is 15.5 Å². The number of aromatic nitrogens is 1. The van der Waals surface area contributed by atoms with Gasteiger partial charge in [-0.3, -0.25) is 19.2 Å². The maximum Gasteiger partial charge on any atom is 0.458 e. The second kappa shape index (κ2) is 19.3. The number of carbonyl (C=O) groups is 3. The molecule has 0 aliphatic heterocycles. The third-order valence-corrected chi connectivity index (χ3v) is 8.20. The van der Waals surface area contributed by atoms with Crippen LogP contribution in [0.5, 0.6) is 5.75 Å². The van der Waals surface area contributed by atoms with E-state index in [9.17, 15) is 50.6 Å². The van der Waals surface area contributed by atoms with Crippen molar-refractivity contribution in [3.05, 3.63) is 63.3 Å². The first-order valence-corrected chi connectivity index (χ1v) is 16.2. The van der Waals surface area contributed by atoms with Gasteiger partial charge in [-0.25, -0.2) is 0 Å². The molecule has 0 aliphatic carbocycles. The molecule has 1 atom stereocenters. The monoisotopic (exact) mass is 706 g/mol. The number of unbranched alkanes of at least 4 members (excludes halogenated alkanes) is 1. The summed E-state index contributed by atoms with van der Waals surface area (Å²) in [6.45, 7) is 8.01. The molecule has 9 nitrogen and oxygen atoms in total. The number of phenolic OH excluding ortho intramolecular Hbond substituents is 1. The minimum Gasteiger partial charge on any atom is -0.506 e. The quantitative estimate of drug-likeness (QED) is 0.0851. The number of fused-ring (bicyclic) bond motifs is 1. The first-order chi connectivity index (χ1) is 22.6. The van der Waals surface area contributed by atoms with Crippen LogP contribution in [-0.4, -0.2) is 83.6 Å². The van der Waals surface area contributed by atoms with E-state index in [4.69, 9.17) is 0 Å². The molecule has 0 spiro atoms. The first kappa shape index (κ1) is 40.4. The van der Waals surface area contributed by atoms with Gasteiger partial charge in [-0.1, -0.05) is 67.5 Å². The lowest BCUT2D eigenvalue weighted by atomic mass is 10.1. The van der Waals surface area contributed by atoms with Gasteiger partial charge in [-0.2, -0.15) is 26.3 Å². The molecule has 0 radical (unpaired) electrons. The van der Waals surface area contributed by atoms with Crippen molar-refractivity contribution in [3.8, 4) is 5.75 Å². The van der Waals surface area contributed by atoms with Gasteiger partial charge in [0.2, 0.25) is 5.91 Å². The Morgan fingerprint density at radius 3 is 2.10 bits per heavy atom. The molecule has 3 aromatic rings. The standard InChI is InChI=1S/C28H40N4O3S.C4F6O2/c1-3-4-8-21(2)32(25(34)15-18-29-16-13-22-9-6-5-7-10-22)20-19-30-17-14-23-11-12-24(33)26-27(23)36-28(35)31-26;5-3(6,7)1(11)2(12)4(8,9)10/h5-7,9-12,21,29-30,33H,3-4,8,13-20H2,1-2H3,(H,31,35);/t21-;/m1./s1. The lowest BCUT2D eigenvalue weighted by Gasteiger charge is -2.30. The summed E-state index contributed by atoms with van der Waals surface area (Å²) in [5.41, 5.74) is 2.85.